The standard InChI is InChI=1S/C27H33N7O2S/c1-17(2)33-15-7-8-19-16-21(13-14-22(19)33)28-23-24(27(3,4)5)30-34-26(23)29-25(31-34)18-9-11-20(12-10-18)32-37(6,35)36/h9-14,16-17,32H,7-8,15H2,1-6H3. The zero-order valence-corrected chi connectivity index (χ0v) is 23.0. The van der Waals surface area contributed by atoms with Gasteiger partial charge in [-0.1, -0.05) is 20.8 Å². The van der Waals surface area contributed by atoms with E-state index in [4.69, 9.17) is 15.1 Å². The number of fused-ring (bicyclic) bond motifs is 2. The van der Waals surface area contributed by atoms with Crippen molar-refractivity contribution in [3.05, 3.63) is 53.9 Å². The fourth-order valence-electron chi connectivity index (χ4n) is 4.75. The molecule has 0 saturated heterocycles. The van der Waals surface area contributed by atoms with E-state index in [1.807, 2.05) is 0 Å². The van der Waals surface area contributed by atoms with Gasteiger partial charge in [0.2, 0.25) is 15.8 Å². The normalized spacial score (nSPS) is 16.7. The molecule has 0 bridgehead atoms. The van der Waals surface area contributed by atoms with Crippen molar-refractivity contribution in [2.45, 2.75) is 53.5 Å². The largest absolute Gasteiger partial charge is 0.369 e. The summed E-state index contributed by atoms with van der Waals surface area (Å²) in [5.74, 6) is 1.10. The molecule has 0 aliphatic carbocycles. The maximum absolute atomic E-state index is 11.5. The summed E-state index contributed by atoms with van der Waals surface area (Å²) in [7, 11) is -3.34. The SMILES string of the molecule is CC(C)N1CCCc2cc(N=C3C(C(C)(C)C)=Nn4nc(-c5ccc(NS(C)(=O)=O)cc5)nc43)ccc21. The number of anilines is 2. The van der Waals surface area contributed by atoms with Crippen molar-refractivity contribution in [3.8, 4) is 11.4 Å². The minimum absolute atomic E-state index is 0.247. The highest BCUT2D eigenvalue weighted by atomic mass is 32.2. The Morgan fingerprint density at radius 3 is 2.46 bits per heavy atom. The Morgan fingerprint density at radius 1 is 1.08 bits per heavy atom. The van der Waals surface area contributed by atoms with Crippen molar-refractivity contribution in [2.75, 3.05) is 22.4 Å². The molecular formula is C27H33N7O2S. The molecule has 0 atom stereocenters. The number of nitrogens with zero attached hydrogens (tertiary/aromatic N) is 6. The molecule has 9 nitrogen and oxygen atoms in total. The number of benzene rings is 2. The van der Waals surface area contributed by atoms with Crippen LogP contribution in [0.15, 0.2) is 52.6 Å². The lowest BCUT2D eigenvalue weighted by Crippen LogP contribution is -2.35. The van der Waals surface area contributed by atoms with Crippen LogP contribution in [0.5, 0.6) is 0 Å². The van der Waals surface area contributed by atoms with E-state index >= 15 is 0 Å². The molecule has 3 heterocycles. The van der Waals surface area contributed by atoms with Gasteiger partial charge in [0.15, 0.2) is 5.82 Å². The first-order chi connectivity index (χ1) is 17.4. The van der Waals surface area contributed by atoms with E-state index in [0.717, 1.165) is 48.3 Å². The maximum atomic E-state index is 11.5. The molecule has 0 fully saturated rings. The van der Waals surface area contributed by atoms with Gasteiger partial charge in [-0.25, -0.2) is 18.4 Å². The highest BCUT2D eigenvalue weighted by Gasteiger charge is 2.35. The van der Waals surface area contributed by atoms with Gasteiger partial charge in [0.1, 0.15) is 5.71 Å². The molecule has 3 aromatic rings. The second kappa shape index (κ2) is 9.09. The van der Waals surface area contributed by atoms with Crippen LogP contribution in [0.3, 0.4) is 0 Å². The summed E-state index contributed by atoms with van der Waals surface area (Å²) in [4.78, 5) is 13.8. The predicted octanol–water partition coefficient (Wildman–Crippen LogP) is 4.86. The highest BCUT2D eigenvalue weighted by Crippen LogP contribution is 2.34. The number of rotatable bonds is 5. The summed E-state index contributed by atoms with van der Waals surface area (Å²) in [6.45, 7) is 11.9. The number of aromatic nitrogens is 3. The summed E-state index contributed by atoms with van der Waals surface area (Å²) in [6, 6.07) is 13.8. The van der Waals surface area contributed by atoms with Crippen LogP contribution in [0.1, 0.15) is 52.4 Å². The number of aliphatic imine (C=N–C) groups is 1. The summed E-state index contributed by atoms with van der Waals surface area (Å²) in [5, 5.41) is 9.38. The van der Waals surface area contributed by atoms with Gasteiger partial charge >= 0.3 is 0 Å². The second-order valence-corrected chi connectivity index (χ2v) is 12.7. The lowest BCUT2D eigenvalue weighted by molar-refractivity contribution is 0.589. The van der Waals surface area contributed by atoms with Crippen LogP contribution in [0.4, 0.5) is 17.1 Å². The third kappa shape index (κ3) is 5.16. The van der Waals surface area contributed by atoms with Gasteiger partial charge in [0.05, 0.1) is 17.7 Å². The lowest BCUT2D eigenvalue weighted by Gasteiger charge is -2.34. The zero-order valence-electron chi connectivity index (χ0n) is 22.1. The number of aryl methyl sites for hydroxylation is 1. The van der Waals surface area contributed by atoms with Gasteiger partial charge in [-0.2, -0.15) is 5.10 Å². The van der Waals surface area contributed by atoms with Crippen LogP contribution in [-0.2, 0) is 16.4 Å². The minimum atomic E-state index is -3.34. The van der Waals surface area contributed by atoms with Crippen molar-refractivity contribution in [3.63, 3.8) is 0 Å². The van der Waals surface area contributed by atoms with E-state index in [-0.39, 0.29) is 5.41 Å². The van der Waals surface area contributed by atoms with Crippen LogP contribution >= 0.6 is 0 Å². The molecule has 0 saturated carbocycles. The van der Waals surface area contributed by atoms with Crippen LogP contribution in [0.2, 0.25) is 0 Å². The van der Waals surface area contributed by atoms with Crippen molar-refractivity contribution in [2.24, 2.45) is 15.5 Å². The Balaban J connectivity index is 1.52. The molecule has 1 aromatic heterocycles. The number of nitrogens with one attached hydrogen (secondary N) is 1. The summed E-state index contributed by atoms with van der Waals surface area (Å²) >= 11 is 0. The molecule has 194 valence electrons. The average molecular weight is 520 g/mol. The molecule has 2 aromatic carbocycles. The molecule has 2 aliphatic rings. The van der Waals surface area contributed by atoms with Crippen molar-refractivity contribution < 1.29 is 8.42 Å². The van der Waals surface area contributed by atoms with Crippen LogP contribution < -0.4 is 9.62 Å². The topological polar surface area (TPSA) is 105 Å². The quantitative estimate of drug-likeness (QED) is 0.518. The Bertz CT molecular complexity index is 1510. The van der Waals surface area contributed by atoms with Gasteiger partial charge in [-0.15, -0.1) is 9.89 Å². The molecule has 2 aliphatic heterocycles. The smallest absolute Gasteiger partial charge is 0.229 e. The minimum Gasteiger partial charge on any atom is -0.369 e. The van der Waals surface area contributed by atoms with Gasteiger partial charge in [-0.05, 0) is 74.7 Å². The van der Waals surface area contributed by atoms with E-state index in [0.29, 0.717) is 23.4 Å². The van der Waals surface area contributed by atoms with Gasteiger partial charge < -0.3 is 4.90 Å². The summed E-state index contributed by atoms with van der Waals surface area (Å²) < 4.78 is 25.5. The first-order valence-corrected chi connectivity index (χ1v) is 14.4. The van der Waals surface area contributed by atoms with Gasteiger partial charge in [0, 0.05) is 34.9 Å². The van der Waals surface area contributed by atoms with Crippen molar-refractivity contribution in [1.82, 2.24) is 14.9 Å². The molecule has 1 N–H and O–H groups in total. The summed E-state index contributed by atoms with van der Waals surface area (Å²) in [5.41, 5.74) is 6.04. The molecule has 10 heteroatoms. The average Bonchev–Trinajstić information content (AvgIpc) is 3.37. The highest BCUT2D eigenvalue weighted by molar-refractivity contribution is 7.92. The van der Waals surface area contributed by atoms with Crippen molar-refractivity contribution >= 4 is 38.5 Å². The Morgan fingerprint density at radius 2 is 1.81 bits per heavy atom. The lowest BCUT2D eigenvalue weighted by atomic mass is 9.87. The Labute approximate surface area is 218 Å². The van der Waals surface area contributed by atoms with Crippen LogP contribution in [0, 0.1) is 5.41 Å². The third-order valence-corrected chi connectivity index (χ3v) is 7.07. The molecule has 0 radical (unpaired) electrons. The second-order valence-electron chi connectivity index (χ2n) is 11.0. The molecule has 5 rings (SSSR count). The Kier molecular flexibility index (Phi) is 6.18. The van der Waals surface area contributed by atoms with E-state index in [2.05, 4.69) is 67.5 Å². The van der Waals surface area contributed by atoms with Gasteiger partial charge in [-0.3, -0.25) is 4.72 Å². The molecule has 37 heavy (non-hydrogen) atoms. The van der Waals surface area contributed by atoms with E-state index in [1.54, 1.807) is 29.1 Å². The summed E-state index contributed by atoms with van der Waals surface area (Å²) in [6.07, 6.45) is 3.30. The zero-order chi connectivity index (χ0) is 26.5. The monoisotopic (exact) mass is 519 g/mol. The first-order valence-electron chi connectivity index (χ1n) is 12.5. The number of hydrogen-bond donors (Lipinski definition) is 1. The van der Waals surface area contributed by atoms with Crippen molar-refractivity contribution in [1.29, 1.82) is 0 Å². The predicted molar refractivity (Wildman–Crippen MR) is 150 cm³/mol. The fraction of sp³-hybridized carbons (Fsp3) is 0.407. The molecule has 0 unspecified atom stereocenters. The number of sulfonamides is 1. The van der Waals surface area contributed by atoms with E-state index < -0.39 is 10.0 Å². The number of hydrogen-bond acceptors (Lipinski definition) is 7. The van der Waals surface area contributed by atoms with E-state index in [1.165, 1.54) is 11.3 Å². The molecule has 0 amide bonds. The molecule has 0 spiro atoms. The molecular weight excluding hydrogens is 486 g/mol. The third-order valence-electron chi connectivity index (χ3n) is 6.46. The van der Waals surface area contributed by atoms with Gasteiger partial charge in [0.25, 0.3) is 0 Å². The van der Waals surface area contributed by atoms with Crippen LogP contribution in [-0.4, -0.2) is 53.6 Å². The fourth-order valence-corrected chi connectivity index (χ4v) is 5.31. The first kappa shape index (κ1) is 25.1. The Hall–Kier alpha value is -3.53. The van der Waals surface area contributed by atoms with Crippen LogP contribution in [0.25, 0.3) is 11.4 Å². The van der Waals surface area contributed by atoms with E-state index in [9.17, 15) is 8.42 Å². The maximum Gasteiger partial charge on any atom is 0.229 e.